The summed E-state index contributed by atoms with van der Waals surface area (Å²) in [6.45, 7) is 2.18. The number of nitrogens with zero attached hydrogens (tertiary/aromatic N) is 2. The number of amides is 1. The molecule has 1 aromatic heterocycles. The summed E-state index contributed by atoms with van der Waals surface area (Å²) in [6.07, 6.45) is 3.33. The summed E-state index contributed by atoms with van der Waals surface area (Å²) in [7, 11) is -3.66. The SMILES string of the molecule is CC(=O)N(CCNS(=O)(=O)c1cccc(Cl)c1)Cc1cccnc1. The van der Waals surface area contributed by atoms with Crippen LogP contribution in [0, 0.1) is 0 Å². The molecule has 0 aliphatic carbocycles. The van der Waals surface area contributed by atoms with Gasteiger partial charge >= 0.3 is 0 Å². The number of nitrogens with one attached hydrogen (secondary N) is 1. The van der Waals surface area contributed by atoms with E-state index in [-0.39, 0.29) is 23.9 Å². The van der Waals surface area contributed by atoms with Crippen molar-refractivity contribution < 1.29 is 13.2 Å². The second kappa shape index (κ2) is 8.23. The van der Waals surface area contributed by atoms with E-state index in [0.29, 0.717) is 11.6 Å². The molecule has 0 radical (unpaired) electrons. The molecule has 1 heterocycles. The fourth-order valence-electron chi connectivity index (χ4n) is 2.09. The van der Waals surface area contributed by atoms with E-state index < -0.39 is 10.0 Å². The molecule has 0 fully saturated rings. The van der Waals surface area contributed by atoms with Gasteiger partial charge in [0, 0.05) is 44.0 Å². The predicted octanol–water partition coefficient (Wildman–Crippen LogP) is 2.06. The minimum Gasteiger partial charge on any atom is -0.337 e. The van der Waals surface area contributed by atoms with Crippen molar-refractivity contribution in [1.29, 1.82) is 0 Å². The highest BCUT2D eigenvalue weighted by atomic mass is 35.5. The van der Waals surface area contributed by atoms with Crippen LogP contribution in [0.25, 0.3) is 0 Å². The Kier molecular flexibility index (Phi) is 6.30. The monoisotopic (exact) mass is 367 g/mol. The maximum atomic E-state index is 12.2. The maximum absolute atomic E-state index is 12.2. The lowest BCUT2D eigenvalue weighted by Crippen LogP contribution is -2.37. The molecule has 1 N–H and O–H groups in total. The molecule has 1 amide bonds. The topological polar surface area (TPSA) is 79.4 Å². The highest BCUT2D eigenvalue weighted by Gasteiger charge is 2.15. The third kappa shape index (κ3) is 5.30. The largest absolute Gasteiger partial charge is 0.337 e. The third-order valence-corrected chi connectivity index (χ3v) is 5.02. The van der Waals surface area contributed by atoms with Crippen molar-refractivity contribution >= 4 is 27.5 Å². The molecule has 0 unspecified atom stereocenters. The van der Waals surface area contributed by atoms with E-state index in [1.165, 1.54) is 19.1 Å². The van der Waals surface area contributed by atoms with Crippen molar-refractivity contribution in [3.63, 3.8) is 0 Å². The van der Waals surface area contributed by atoms with E-state index >= 15 is 0 Å². The lowest BCUT2D eigenvalue weighted by Gasteiger charge is -2.21. The van der Waals surface area contributed by atoms with Gasteiger partial charge in [-0.05, 0) is 29.8 Å². The van der Waals surface area contributed by atoms with Gasteiger partial charge in [0.15, 0.2) is 0 Å². The van der Waals surface area contributed by atoms with Crippen LogP contribution < -0.4 is 4.72 Å². The number of sulfonamides is 1. The van der Waals surface area contributed by atoms with E-state index in [1.807, 2.05) is 6.07 Å². The van der Waals surface area contributed by atoms with Crippen LogP contribution in [0.15, 0.2) is 53.7 Å². The highest BCUT2D eigenvalue weighted by Crippen LogP contribution is 2.15. The maximum Gasteiger partial charge on any atom is 0.240 e. The Balaban J connectivity index is 1.96. The molecule has 0 saturated heterocycles. The molecule has 1 aromatic carbocycles. The van der Waals surface area contributed by atoms with E-state index in [2.05, 4.69) is 9.71 Å². The number of carbonyl (C=O) groups is 1. The number of aromatic nitrogens is 1. The van der Waals surface area contributed by atoms with E-state index in [9.17, 15) is 13.2 Å². The lowest BCUT2D eigenvalue weighted by molar-refractivity contribution is -0.129. The van der Waals surface area contributed by atoms with Crippen molar-refractivity contribution in [3.05, 3.63) is 59.4 Å². The smallest absolute Gasteiger partial charge is 0.240 e. The van der Waals surface area contributed by atoms with Crippen LogP contribution in [0.2, 0.25) is 5.02 Å². The Morgan fingerprint density at radius 3 is 2.71 bits per heavy atom. The first-order valence-corrected chi connectivity index (χ1v) is 9.14. The first-order valence-electron chi connectivity index (χ1n) is 7.28. The molecule has 0 bridgehead atoms. The number of hydrogen-bond donors (Lipinski definition) is 1. The van der Waals surface area contributed by atoms with Gasteiger partial charge in [-0.2, -0.15) is 0 Å². The summed E-state index contributed by atoms with van der Waals surface area (Å²) >= 11 is 5.82. The summed E-state index contributed by atoms with van der Waals surface area (Å²) in [6, 6.07) is 9.66. The third-order valence-electron chi connectivity index (χ3n) is 3.32. The molecule has 0 atom stereocenters. The molecule has 0 spiro atoms. The molecule has 2 aromatic rings. The van der Waals surface area contributed by atoms with Gasteiger partial charge in [0.2, 0.25) is 15.9 Å². The van der Waals surface area contributed by atoms with Crippen molar-refractivity contribution in [2.24, 2.45) is 0 Å². The van der Waals surface area contributed by atoms with Gasteiger partial charge in [-0.15, -0.1) is 0 Å². The van der Waals surface area contributed by atoms with Crippen molar-refractivity contribution in [2.75, 3.05) is 13.1 Å². The molecule has 24 heavy (non-hydrogen) atoms. The van der Waals surface area contributed by atoms with Gasteiger partial charge in [0.1, 0.15) is 0 Å². The summed E-state index contributed by atoms with van der Waals surface area (Å²) in [5, 5.41) is 0.347. The minimum absolute atomic E-state index is 0.0941. The summed E-state index contributed by atoms with van der Waals surface area (Å²) < 4.78 is 26.9. The molecule has 2 rings (SSSR count). The fourth-order valence-corrected chi connectivity index (χ4v) is 3.41. The number of halogens is 1. The Bertz CT molecular complexity index is 797. The number of benzene rings is 1. The van der Waals surface area contributed by atoms with Gasteiger partial charge in [0.05, 0.1) is 4.90 Å². The van der Waals surface area contributed by atoms with Gasteiger partial charge in [-0.3, -0.25) is 9.78 Å². The number of hydrogen-bond acceptors (Lipinski definition) is 4. The first kappa shape index (κ1) is 18.4. The van der Waals surface area contributed by atoms with E-state index in [0.717, 1.165) is 5.56 Å². The average Bonchev–Trinajstić information content (AvgIpc) is 2.54. The fraction of sp³-hybridized carbons (Fsp3) is 0.250. The summed E-state index contributed by atoms with van der Waals surface area (Å²) in [5.74, 6) is -0.138. The second-order valence-electron chi connectivity index (χ2n) is 5.16. The van der Waals surface area contributed by atoms with Crippen LogP contribution in [0.5, 0.6) is 0 Å². The molecule has 0 aliphatic heterocycles. The highest BCUT2D eigenvalue weighted by molar-refractivity contribution is 7.89. The lowest BCUT2D eigenvalue weighted by atomic mass is 10.2. The molecule has 6 nitrogen and oxygen atoms in total. The standard InChI is InChI=1S/C16H18ClN3O3S/c1-13(21)20(12-14-4-3-7-18-11-14)9-8-19-24(22,23)16-6-2-5-15(17)10-16/h2-7,10-11,19H,8-9,12H2,1H3. The summed E-state index contributed by atoms with van der Waals surface area (Å²) in [5.41, 5.74) is 0.880. The number of carbonyl (C=O) groups excluding carboxylic acids is 1. The van der Waals surface area contributed by atoms with E-state index in [1.54, 1.807) is 35.5 Å². The minimum atomic E-state index is -3.66. The van der Waals surface area contributed by atoms with Crippen LogP contribution in [0.4, 0.5) is 0 Å². The zero-order chi connectivity index (χ0) is 17.6. The van der Waals surface area contributed by atoms with Gasteiger partial charge in [-0.25, -0.2) is 13.1 Å². The van der Waals surface area contributed by atoms with Crippen LogP contribution in [-0.4, -0.2) is 37.3 Å². The molecular formula is C16H18ClN3O3S. The zero-order valence-corrected chi connectivity index (χ0v) is 14.7. The van der Waals surface area contributed by atoms with Crippen LogP contribution in [0.3, 0.4) is 0 Å². The molecule has 0 aliphatic rings. The Morgan fingerprint density at radius 2 is 2.08 bits per heavy atom. The Hall–Kier alpha value is -1.96. The molecule has 128 valence electrons. The van der Waals surface area contributed by atoms with Crippen LogP contribution in [0.1, 0.15) is 12.5 Å². The predicted molar refractivity (Wildman–Crippen MR) is 92.0 cm³/mol. The van der Waals surface area contributed by atoms with Gasteiger partial charge in [-0.1, -0.05) is 23.7 Å². The van der Waals surface area contributed by atoms with Crippen LogP contribution in [-0.2, 0) is 21.4 Å². The Labute approximate surface area is 146 Å². The normalized spacial score (nSPS) is 11.2. The first-order chi connectivity index (χ1) is 11.4. The second-order valence-corrected chi connectivity index (χ2v) is 7.36. The zero-order valence-electron chi connectivity index (χ0n) is 13.1. The summed E-state index contributed by atoms with van der Waals surface area (Å²) in [4.78, 5) is 17.4. The molecule has 0 saturated carbocycles. The van der Waals surface area contributed by atoms with Crippen LogP contribution >= 0.6 is 11.6 Å². The van der Waals surface area contributed by atoms with E-state index in [4.69, 9.17) is 11.6 Å². The molecule has 8 heteroatoms. The van der Waals surface area contributed by atoms with Gasteiger partial charge in [0.25, 0.3) is 0 Å². The van der Waals surface area contributed by atoms with Crippen molar-refractivity contribution in [2.45, 2.75) is 18.4 Å². The number of pyridine rings is 1. The van der Waals surface area contributed by atoms with Gasteiger partial charge < -0.3 is 4.90 Å². The average molecular weight is 368 g/mol. The van der Waals surface area contributed by atoms with Crippen molar-refractivity contribution in [1.82, 2.24) is 14.6 Å². The quantitative estimate of drug-likeness (QED) is 0.812. The number of rotatable bonds is 7. The van der Waals surface area contributed by atoms with Crippen molar-refractivity contribution in [3.8, 4) is 0 Å². The Morgan fingerprint density at radius 1 is 1.29 bits per heavy atom. The molecular weight excluding hydrogens is 350 g/mol.